The Balaban J connectivity index is 1.88. The van der Waals surface area contributed by atoms with Gasteiger partial charge < -0.3 is 9.64 Å². The Morgan fingerprint density at radius 2 is 1.50 bits per heavy atom. The van der Waals surface area contributed by atoms with Crippen LogP contribution in [0.1, 0.15) is 87.5 Å². The number of carbonyl (C=O) groups excluding carboxylic acids is 1. The number of piperidine rings is 1. The van der Waals surface area contributed by atoms with Gasteiger partial charge in [0.15, 0.2) is 0 Å². The van der Waals surface area contributed by atoms with E-state index in [1.165, 1.54) is 12.8 Å². The minimum absolute atomic E-state index is 0.114. The zero-order chi connectivity index (χ0) is 21.3. The van der Waals surface area contributed by atoms with Crippen molar-refractivity contribution in [3.8, 4) is 0 Å². The maximum Gasteiger partial charge on any atom is 0.410 e. The number of hydrogen-bond donors (Lipinski definition) is 1. The molecule has 1 N–H and O–H groups in total. The second-order valence-corrected chi connectivity index (χ2v) is 13.5. The second kappa shape index (κ2) is 8.63. The van der Waals surface area contributed by atoms with Crippen LogP contribution < -0.4 is 4.72 Å². The van der Waals surface area contributed by atoms with Crippen molar-refractivity contribution >= 4 is 17.1 Å². The minimum Gasteiger partial charge on any atom is -0.443 e. The Bertz CT molecular complexity index is 565. The Hall–Kier alpha value is -0.620. The molecule has 1 aliphatic heterocycles. The van der Waals surface area contributed by atoms with E-state index >= 15 is 0 Å². The van der Waals surface area contributed by atoms with E-state index in [1.54, 1.807) is 0 Å². The number of likely N-dealkylation sites (tertiary alicyclic amines) is 1. The van der Waals surface area contributed by atoms with Gasteiger partial charge in [0.05, 0.1) is 15.7 Å². The van der Waals surface area contributed by atoms with Gasteiger partial charge in [-0.3, -0.25) is 0 Å². The molecule has 0 radical (unpaired) electrons. The van der Waals surface area contributed by atoms with Crippen LogP contribution in [0.25, 0.3) is 0 Å². The van der Waals surface area contributed by atoms with Gasteiger partial charge in [-0.05, 0) is 84.0 Å². The fourth-order valence-electron chi connectivity index (χ4n) is 4.39. The number of ether oxygens (including phenoxy) is 1. The van der Waals surface area contributed by atoms with Crippen LogP contribution in [0.3, 0.4) is 0 Å². The summed E-state index contributed by atoms with van der Waals surface area (Å²) in [6, 6.07) is 0.301. The van der Waals surface area contributed by atoms with Crippen LogP contribution in [0.15, 0.2) is 0 Å². The average Bonchev–Trinajstić information content (AvgIpc) is 3.33. The summed E-state index contributed by atoms with van der Waals surface area (Å²) < 4.78 is 21.6. The number of amides is 1. The summed E-state index contributed by atoms with van der Waals surface area (Å²) in [7, 11) is -1.05. The van der Waals surface area contributed by atoms with Gasteiger partial charge in [0.25, 0.3) is 0 Å². The molecule has 6 heteroatoms. The normalized spacial score (nSPS) is 22.1. The van der Waals surface area contributed by atoms with Crippen molar-refractivity contribution in [3.05, 3.63) is 0 Å². The summed E-state index contributed by atoms with van der Waals surface area (Å²) in [6.45, 7) is 18.0. The van der Waals surface area contributed by atoms with Crippen LogP contribution in [0.5, 0.6) is 0 Å². The van der Waals surface area contributed by atoms with E-state index in [1.807, 2.05) is 39.5 Å². The molecule has 0 bridgehead atoms. The monoisotopic (exact) mass is 414 g/mol. The number of nitrogens with one attached hydrogen (secondary N) is 1. The second-order valence-electron chi connectivity index (χ2n) is 11.6. The first-order valence-corrected chi connectivity index (χ1v) is 12.0. The highest BCUT2D eigenvalue weighted by Crippen LogP contribution is 2.39. The van der Waals surface area contributed by atoms with Crippen LogP contribution in [0.2, 0.25) is 0 Å². The highest BCUT2D eigenvalue weighted by Gasteiger charge is 2.41. The standard InChI is InChI=1S/C22H42N2O3S/c1-20(2,3)15-22(7,8)27-19(25)24-13-11-17(12-14-24)18(16-9-10-16)23-28(26)21(4,5)6/h16-18,23H,9-15H2,1-8H3/t18-,28+/m1/s1. The lowest BCUT2D eigenvalue weighted by molar-refractivity contribution is -0.0147. The Labute approximate surface area is 174 Å². The van der Waals surface area contributed by atoms with Crippen LogP contribution in [-0.2, 0) is 15.7 Å². The summed E-state index contributed by atoms with van der Waals surface area (Å²) in [5, 5.41) is 0. The Morgan fingerprint density at radius 1 is 1.00 bits per heavy atom. The van der Waals surface area contributed by atoms with Crippen molar-refractivity contribution < 1.29 is 13.7 Å². The van der Waals surface area contributed by atoms with Crippen LogP contribution >= 0.6 is 0 Å². The lowest BCUT2D eigenvalue weighted by Crippen LogP contribution is -2.49. The smallest absolute Gasteiger partial charge is 0.410 e. The fourth-order valence-corrected chi connectivity index (χ4v) is 5.37. The molecule has 1 saturated carbocycles. The Morgan fingerprint density at radius 3 is 1.93 bits per heavy atom. The first-order chi connectivity index (χ1) is 12.7. The van der Waals surface area contributed by atoms with Gasteiger partial charge in [0.2, 0.25) is 0 Å². The van der Waals surface area contributed by atoms with Gasteiger partial charge in [0, 0.05) is 19.1 Å². The van der Waals surface area contributed by atoms with E-state index < -0.39 is 16.6 Å². The van der Waals surface area contributed by atoms with Gasteiger partial charge in [-0.2, -0.15) is 0 Å². The van der Waals surface area contributed by atoms with E-state index in [4.69, 9.17) is 4.74 Å². The minimum atomic E-state index is -1.05. The molecule has 1 aliphatic carbocycles. The number of nitrogens with zero attached hydrogens (tertiary/aromatic N) is 1. The molecule has 2 atom stereocenters. The van der Waals surface area contributed by atoms with E-state index in [9.17, 15) is 9.00 Å². The first kappa shape index (κ1) is 23.7. The highest BCUT2D eigenvalue weighted by molar-refractivity contribution is 7.84. The zero-order valence-corrected chi connectivity index (χ0v) is 20.1. The third kappa shape index (κ3) is 7.33. The molecule has 2 rings (SSSR count). The topological polar surface area (TPSA) is 58.6 Å². The number of carbonyl (C=O) groups is 1. The van der Waals surface area contributed by atoms with E-state index in [0.717, 1.165) is 32.4 Å². The predicted molar refractivity (Wildman–Crippen MR) is 116 cm³/mol. The maximum atomic E-state index is 12.7. The lowest BCUT2D eigenvalue weighted by atomic mass is 9.84. The summed E-state index contributed by atoms with van der Waals surface area (Å²) in [4.78, 5) is 14.5. The summed E-state index contributed by atoms with van der Waals surface area (Å²) >= 11 is 0. The third-order valence-corrected chi connectivity index (χ3v) is 7.15. The molecule has 1 saturated heterocycles. The van der Waals surface area contributed by atoms with Gasteiger partial charge in [-0.15, -0.1) is 0 Å². The number of hydrogen-bond acceptors (Lipinski definition) is 3. The Kier molecular flexibility index (Phi) is 7.29. The van der Waals surface area contributed by atoms with Crippen LogP contribution in [0.4, 0.5) is 4.79 Å². The van der Waals surface area contributed by atoms with E-state index in [0.29, 0.717) is 17.9 Å². The zero-order valence-electron chi connectivity index (χ0n) is 19.3. The molecule has 1 heterocycles. The quantitative estimate of drug-likeness (QED) is 0.674. The molecule has 1 amide bonds. The van der Waals surface area contributed by atoms with Crippen molar-refractivity contribution in [1.82, 2.24) is 9.62 Å². The molecule has 0 spiro atoms. The van der Waals surface area contributed by atoms with Gasteiger partial charge in [0.1, 0.15) is 5.60 Å². The molecule has 2 aliphatic rings. The van der Waals surface area contributed by atoms with Crippen LogP contribution in [0, 0.1) is 17.3 Å². The maximum absolute atomic E-state index is 12.7. The highest BCUT2D eigenvalue weighted by atomic mass is 32.2. The van der Waals surface area contributed by atoms with Gasteiger partial charge >= 0.3 is 6.09 Å². The number of rotatable bonds is 6. The van der Waals surface area contributed by atoms with Crippen molar-refractivity contribution in [2.75, 3.05) is 13.1 Å². The predicted octanol–water partition coefficient (Wildman–Crippen LogP) is 4.88. The molecule has 0 aromatic heterocycles. The third-order valence-electron chi connectivity index (χ3n) is 5.55. The molecule has 28 heavy (non-hydrogen) atoms. The molecule has 2 fully saturated rings. The molecule has 0 unspecified atom stereocenters. The summed E-state index contributed by atoms with van der Waals surface area (Å²) in [5.41, 5.74) is -0.351. The van der Waals surface area contributed by atoms with Crippen molar-refractivity contribution in [1.29, 1.82) is 0 Å². The van der Waals surface area contributed by atoms with Crippen molar-refractivity contribution in [2.45, 2.75) is 104 Å². The van der Waals surface area contributed by atoms with Gasteiger partial charge in [-0.1, -0.05) is 20.8 Å². The molecule has 5 nitrogen and oxygen atoms in total. The van der Waals surface area contributed by atoms with Crippen LogP contribution in [-0.4, -0.2) is 44.7 Å². The molecular formula is C22H42N2O3S. The summed E-state index contributed by atoms with van der Waals surface area (Å²) in [6.07, 6.45) is 4.98. The van der Waals surface area contributed by atoms with Crippen molar-refractivity contribution in [2.24, 2.45) is 17.3 Å². The first-order valence-electron chi connectivity index (χ1n) is 10.8. The lowest BCUT2D eigenvalue weighted by Gasteiger charge is -2.39. The van der Waals surface area contributed by atoms with Gasteiger partial charge in [-0.25, -0.2) is 13.7 Å². The average molecular weight is 415 g/mol. The fraction of sp³-hybridized carbons (Fsp3) is 0.955. The molecule has 164 valence electrons. The molecule has 0 aromatic carbocycles. The van der Waals surface area contributed by atoms with E-state index in [2.05, 4.69) is 25.5 Å². The SMILES string of the molecule is CC(C)(C)CC(C)(C)OC(=O)N1CCC([C@H](N[S@@](=O)C(C)(C)C)C2CC2)CC1. The largest absolute Gasteiger partial charge is 0.443 e. The summed E-state index contributed by atoms with van der Waals surface area (Å²) in [5.74, 6) is 1.12. The molecule has 0 aromatic rings. The molecular weight excluding hydrogens is 372 g/mol. The van der Waals surface area contributed by atoms with Crippen molar-refractivity contribution in [3.63, 3.8) is 0 Å². The van der Waals surface area contributed by atoms with E-state index in [-0.39, 0.29) is 16.3 Å².